The molecule has 1 aliphatic carbocycles. The van der Waals surface area contributed by atoms with Crippen LogP contribution >= 0.6 is 27.3 Å². The smallest absolute Gasteiger partial charge is 0.221 e. The molecule has 0 radical (unpaired) electrons. The van der Waals surface area contributed by atoms with Gasteiger partial charge in [0, 0.05) is 27.8 Å². The minimum atomic E-state index is -0.692. The summed E-state index contributed by atoms with van der Waals surface area (Å²) in [5.74, 6) is -1.05. The van der Waals surface area contributed by atoms with Crippen molar-refractivity contribution in [3.05, 3.63) is 55.7 Å². The first-order valence-corrected chi connectivity index (χ1v) is 11.9. The van der Waals surface area contributed by atoms with E-state index in [1.807, 2.05) is 6.07 Å². The van der Waals surface area contributed by atoms with Crippen LogP contribution in [0, 0.1) is 0 Å². The summed E-state index contributed by atoms with van der Waals surface area (Å²) in [5.41, 5.74) is 1.76. The van der Waals surface area contributed by atoms with Gasteiger partial charge < -0.3 is 10.6 Å². The van der Waals surface area contributed by atoms with Gasteiger partial charge in [-0.3, -0.25) is 19.2 Å². The van der Waals surface area contributed by atoms with Crippen LogP contribution in [0.2, 0.25) is 0 Å². The topological polar surface area (TPSA) is 92.3 Å². The zero-order chi connectivity index (χ0) is 22.4. The Bertz CT molecular complexity index is 960. The van der Waals surface area contributed by atoms with E-state index in [4.69, 9.17) is 0 Å². The van der Waals surface area contributed by atoms with Crippen molar-refractivity contribution in [3.63, 3.8) is 0 Å². The third kappa shape index (κ3) is 6.58. The minimum absolute atomic E-state index is 0.0424. The Balaban J connectivity index is 1.39. The van der Waals surface area contributed by atoms with Crippen LogP contribution in [0.1, 0.15) is 63.1 Å². The highest BCUT2D eigenvalue weighted by Gasteiger charge is 2.19. The number of amides is 2. The van der Waals surface area contributed by atoms with Crippen LogP contribution in [0.5, 0.6) is 0 Å². The fourth-order valence-electron chi connectivity index (χ4n) is 3.45. The predicted molar refractivity (Wildman–Crippen MR) is 124 cm³/mol. The second-order valence-electron chi connectivity index (χ2n) is 7.63. The van der Waals surface area contributed by atoms with E-state index in [1.54, 1.807) is 31.2 Å². The number of thiophene rings is 1. The SMILES string of the molecule is CC(NC(=O)CCC(=O)NCC(=O)c1cc2c(s1)CCCC2)C(=O)c1ccc(Br)cc1. The zero-order valence-electron chi connectivity index (χ0n) is 17.3. The highest BCUT2D eigenvalue weighted by atomic mass is 79.9. The average molecular weight is 505 g/mol. The normalized spacial score (nSPS) is 13.7. The van der Waals surface area contributed by atoms with Gasteiger partial charge in [-0.15, -0.1) is 11.3 Å². The van der Waals surface area contributed by atoms with E-state index in [0.717, 1.165) is 30.2 Å². The van der Waals surface area contributed by atoms with Crippen LogP contribution < -0.4 is 10.6 Å². The number of fused-ring (bicyclic) bond motifs is 1. The Morgan fingerprint density at radius 3 is 2.42 bits per heavy atom. The number of nitrogens with one attached hydrogen (secondary N) is 2. The number of aryl methyl sites for hydroxylation is 2. The van der Waals surface area contributed by atoms with Crippen LogP contribution in [0.4, 0.5) is 0 Å². The summed E-state index contributed by atoms with van der Waals surface area (Å²) in [6.45, 7) is 1.54. The lowest BCUT2D eigenvalue weighted by atomic mass is 9.99. The van der Waals surface area contributed by atoms with E-state index < -0.39 is 6.04 Å². The molecule has 31 heavy (non-hydrogen) atoms. The summed E-state index contributed by atoms with van der Waals surface area (Å²) in [7, 11) is 0. The van der Waals surface area contributed by atoms with Crippen molar-refractivity contribution in [1.82, 2.24) is 10.6 Å². The maximum absolute atomic E-state index is 12.4. The van der Waals surface area contributed by atoms with E-state index in [-0.39, 0.29) is 42.8 Å². The lowest BCUT2D eigenvalue weighted by molar-refractivity contribution is -0.126. The Hall–Kier alpha value is -2.32. The van der Waals surface area contributed by atoms with Gasteiger partial charge in [-0.25, -0.2) is 0 Å². The Kier molecular flexibility index (Phi) is 8.15. The number of carbonyl (C=O) groups is 4. The largest absolute Gasteiger partial charge is 0.349 e. The molecule has 8 heteroatoms. The molecule has 1 aliphatic rings. The number of halogens is 1. The van der Waals surface area contributed by atoms with Crippen molar-refractivity contribution in [2.75, 3.05) is 6.54 Å². The molecule has 1 unspecified atom stereocenters. The molecule has 0 fully saturated rings. The fraction of sp³-hybridized carbons (Fsp3) is 0.391. The molecule has 1 aromatic heterocycles. The molecule has 2 N–H and O–H groups in total. The summed E-state index contributed by atoms with van der Waals surface area (Å²) in [6.07, 6.45) is 4.27. The predicted octanol–water partition coefficient (Wildman–Crippen LogP) is 3.86. The Labute approximate surface area is 193 Å². The van der Waals surface area contributed by atoms with Crippen LogP contribution in [0.25, 0.3) is 0 Å². The summed E-state index contributed by atoms with van der Waals surface area (Å²) < 4.78 is 0.865. The molecule has 2 amide bonds. The molecule has 0 saturated carbocycles. The molecule has 6 nitrogen and oxygen atoms in total. The van der Waals surface area contributed by atoms with Gasteiger partial charge in [0.05, 0.1) is 17.5 Å². The first kappa shape index (κ1) is 23.3. The van der Waals surface area contributed by atoms with Gasteiger partial charge >= 0.3 is 0 Å². The van der Waals surface area contributed by atoms with E-state index in [0.29, 0.717) is 10.4 Å². The number of ketones is 2. The molecule has 2 aromatic rings. The van der Waals surface area contributed by atoms with Crippen LogP contribution in [-0.4, -0.2) is 36.0 Å². The molecular weight excluding hydrogens is 480 g/mol. The second-order valence-corrected chi connectivity index (χ2v) is 9.68. The standard InChI is InChI=1S/C23H25BrN2O4S/c1-14(23(30)15-6-8-17(24)9-7-15)26-22(29)11-10-21(28)25-13-18(27)20-12-16-4-2-3-5-19(16)31-20/h6-9,12,14H,2-5,10-11,13H2,1H3,(H,25,28)(H,26,29). The van der Waals surface area contributed by atoms with Crippen LogP contribution in [-0.2, 0) is 22.4 Å². The molecular formula is C23H25BrN2O4S. The molecule has 0 aliphatic heterocycles. The number of rotatable bonds is 9. The van der Waals surface area contributed by atoms with Crippen molar-refractivity contribution in [2.45, 2.75) is 51.5 Å². The van der Waals surface area contributed by atoms with Gasteiger partial charge in [0.2, 0.25) is 11.8 Å². The molecule has 1 aromatic carbocycles. The molecule has 1 atom stereocenters. The molecule has 3 rings (SSSR count). The van der Waals surface area contributed by atoms with Crippen molar-refractivity contribution in [2.24, 2.45) is 0 Å². The number of hydrogen-bond acceptors (Lipinski definition) is 5. The van der Waals surface area contributed by atoms with Crippen molar-refractivity contribution >= 4 is 50.6 Å². The highest BCUT2D eigenvalue weighted by Crippen LogP contribution is 2.29. The van der Waals surface area contributed by atoms with E-state index in [2.05, 4.69) is 26.6 Å². The van der Waals surface area contributed by atoms with Gasteiger partial charge in [-0.1, -0.05) is 28.1 Å². The third-order valence-corrected chi connectivity index (χ3v) is 7.00. The monoisotopic (exact) mass is 504 g/mol. The van der Waals surface area contributed by atoms with E-state index in [1.165, 1.54) is 21.8 Å². The first-order valence-electron chi connectivity index (χ1n) is 10.3. The molecule has 0 spiro atoms. The maximum Gasteiger partial charge on any atom is 0.221 e. The lowest BCUT2D eigenvalue weighted by Gasteiger charge is -2.13. The van der Waals surface area contributed by atoms with Gasteiger partial charge in [0.25, 0.3) is 0 Å². The van der Waals surface area contributed by atoms with Crippen LogP contribution in [0.15, 0.2) is 34.8 Å². The molecule has 1 heterocycles. The quantitative estimate of drug-likeness (QED) is 0.507. The molecule has 0 bridgehead atoms. The van der Waals surface area contributed by atoms with Crippen LogP contribution in [0.3, 0.4) is 0 Å². The first-order chi connectivity index (χ1) is 14.8. The maximum atomic E-state index is 12.4. The van der Waals surface area contributed by atoms with E-state index >= 15 is 0 Å². The summed E-state index contributed by atoms with van der Waals surface area (Å²) in [6, 6.07) is 8.15. The minimum Gasteiger partial charge on any atom is -0.349 e. The summed E-state index contributed by atoms with van der Waals surface area (Å²) >= 11 is 4.84. The highest BCUT2D eigenvalue weighted by molar-refractivity contribution is 9.10. The van der Waals surface area contributed by atoms with Crippen molar-refractivity contribution in [3.8, 4) is 0 Å². The third-order valence-electron chi connectivity index (χ3n) is 5.20. The summed E-state index contributed by atoms with van der Waals surface area (Å²) in [5, 5.41) is 5.21. The van der Waals surface area contributed by atoms with Crippen molar-refractivity contribution < 1.29 is 19.2 Å². The lowest BCUT2D eigenvalue weighted by Crippen LogP contribution is -2.39. The van der Waals surface area contributed by atoms with Gasteiger partial charge in [0.15, 0.2) is 11.6 Å². The molecule has 0 saturated heterocycles. The number of carbonyl (C=O) groups excluding carboxylic acids is 4. The van der Waals surface area contributed by atoms with E-state index in [9.17, 15) is 19.2 Å². The second kappa shape index (κ2) is 10.8. The Morgan fingerprint density at radius 1 is 1.03 bits per heavy atom. The average Bonchev–Trinajstić information content (AvgIpc) is 3.20. The molecule has 164 valence electrons. The van der Waals surface area contributed by atoms with Crippen molar-refractivity contribution in [1.29, 1.82) is 0 Å². The fourth-order valence-corrected chi connectivity index (χ4v) is 4.91. The van der Waals surface area contributed by atoms with Gasteiger partial charge in [-0.2, -0.15) is 0 Å². The van der Waals surface area contributed by atoms with Gasteiger partial charge in [-0.05, 0) is 56.4 Å². The van der Waals surface area contributed by atoms with Gasteiger partial charge in [0.1, 0.15) is 0 Å². The Morgan fingerprint density at radius 2 is 1.71 bits per heavy atom. The number of Topliss-reactive ketones (excluding diaryl/α,β-unsaturated/α-hetero) is 2. The summed E-state index contributed by atoms with van der Waals surface area (Å²) in [4.78, 5) is 50.8. The zero-order valence-corrected chi connectivity index (χ0v) is 19.7. The number of benzene rings is 1. The number of hydrogen-bond donors (Lipinski definition) is 2.